The Morgan fingerprint density at radius 2 is 2.26 bits per heavy atom. The van der Waals surface area contributed by atoms with Crippen LogP contribution in [0.5, 0.6) is 0 Å². The molecular formula is C15H17BrN2O. The molecule has 0 saturated carbocycles. The van der Waals surface area contributed by atoms with E-state index in [2.05, 4.69) is 50.6 Å². The number of hydrogen-bond donors (Lipinski definition) is 1. The number of pyridine rings is 1. The molecule has 1 aromatic heterocycles. The summed E-state index contributed by atoms with van der Waals surface area (Å²) >= 11 is 3.54. The molecule has 3 nitrogen and oxygen atoms in total. The molecule has 2 rings (SSSR count). The van der Waals surface area contributed by atoms with Gasteiger partial charge in [0.15, 0.2) is 0 Å². The molecule has 19 heavy (non-hydrogen) atoms. The molecule has 0 atom stereocenters. The second-order valence-electron chi connectivity index (χ2n) is 4.39. The summed E-state index contributed by atoms with van der Waals surface area (Å²) in [5.74, 6) is 0. The Morgan fingerprint density at radius 3 is 3.00 bits per heavy atom. The van der Waals surface area contributed by atoms with Gasteiger partial charge < -0.3 is 5.11 Å². The van der Waals surface area contributed by atoms with E-state index in [0.29, 0.717) is 6.54 Å². The second kappa shape index (κ2) is 6.80. The maximum atomic E-state index is 9.11. The first kappa shape index (κ1) is 14.2. The molecule has 1 aromatic carbocycles. The van der Waals surface area contributed by atoms with Crippen molar-refractivity contribution < 1.29 is 5.11 Å². The third-order valence-electron chi connectivity index (χ3n) is 2.95. The fraction of sp³-hybridized carbons (Fsp3) is 0.267. The van der Waals surface area contributed by atoms with Crippen molar-refractivity contribution in [1.29, 1.82) is 0 Å². The minimum Gasteiger partial charge on any atom is -0.395 e. The molecule has 2 aromatic rings. The molecule has 0 bridgehead atoms. The van der Waals surface area contributed by atoms with Gasteiger partial charge in [0.05, 0.1) is 12.1 Å². The van der Waals surface area contributed by atoms with Gasteiger partial charge in [0.2, 0.25) is 0 Å². The smallest absolute Gasteiger partial charge is 0.0747 e. The number of benzene rings is 1. The van der Waals surface area contributed by atoms with Crippen molar-refractivity contribution in [3.8, 4) is 0 Å². The fourth-order valence-corrected chi connectivity index (χ4v) is 2.67. The summed E-state index contributed by atoms with van der Waals surface area (Å²) in [6.45, 7) is 6.03. The van der Waals surface area contributed by atoms with Gasteiger partial charge in [0.1, 0.15) is 0 Å². The highest BCUT2D eigenvalue weighted by Gasteiger charge is 2.09. The molecule has 0 saturated heterocycles. The van der Waals surface area contributed by atoms with Gasteiger partial charge in [-0.05, 0) is 23.8 Å². The van der Waals surface area contributed by atoms with Crippen molar-refractivity contribution in [2.75, 3.05) is 19.7 Å². The Labute approximate surface area is 121 Å². The summed E-state index contributed by atoms with van der Waals surface area (Å²) in [6, 6.07) is 8.15. The summed E-state index contributed by atoms with van der Waals surface area (Å²) in [5.41, 5.74) is 2.16. The average Bonchev–Trinajstić information content (AvgIpc) is 2.39. The lowest BCUT2D eigenvalue weighted by Crippen LogP contribution is -2.26. The van der Waals surface area contributed by atoms with E-state index in [4.69, 9.17) is 5.11 Å². The Morgan fingerprint density at radius 1 is 1.42 bits per heavy atom. The highest BCUT2D eigenvalue weighted by Crippen LogP contribution is 2.23. The lowest BCUT2D eigenvalue weighted by Gasteiger charge is -2.20. The van der Waals surface area contributed by atoms with Gasteiger partial charge in [-0.1, -0.05) is 28.1 Å². The van der Waals surface area contributed by atoms with E-state index in [9.17, 15) is 0 Å². The molecule has 1 N–H and O–H groups in total. The van der Waals surface area contributed by atoms with Gasteiger partial charge in [-0.25, -0.2) is 0 Å². The molecule has 0 amide bonds. The largest absolute Gasteiger partial charge is 0.395 e. The Hall–Kier alpha value is -1.23. The molecule has 0 spiro atoms. The predicted octanol–water partition coefficient (Wildman–Crippen LogP) is 2.98. The van der Waals surface area contributed by atoms with Crippen molar-refractivity contribution >= 4 is 26.8 Å². The summed E-state index contributed by atoms with van der Waals surface area (Å²) < 4.78 is 1.05. The number of nitrogens with zero attached hydrogens (tertiary/aromatic N) is 2. The van der Waals surface area contributed by atoms with Crippen LogP contribution in [0.25, 0.3) is 10.9 Å². The van der Waals surface area contributed by atoms with Crippen LogP contribution in [0, 0.1) is 0 Å². The molecule has 0 aliphatic rings. The molecule has 4 heteroatoms. The van der Waals surface area contributed by atoms with Gasteiger partial charge >= 0.3 is 0 Å². The van der Waals surface area contributed by atoms with E-state index in [-0.39, 0.29) is 6.61 Å². The normalized spacial score (nSPS) is 11.1. The summed E-state index contributed by atoms with van der Waals surface area (Å²) in [6.07, 6.45) is 3.66. The van der Waals surface area contributed by atoms with E-state index in [1.807, 2.05) is 18.3 Å². The SMILES string of the molecule is C=CCN(CCO)Cc1cc(Br)cc2cccnc12. The van der Waals surface area contributed by atoms with Gasteiger partial charge in [-0.2, -0.15) is 0 Å². The number of aliphatic hydroxyl groups excluding tert-OH is 1. The van der Waals surface area contributed by atoms with Gasteiger partial charge in [-0.15, -0.1) is 6.58 Å². The van der Waals surface area contributed by atoms with Crippen molar-refractivity contribution in [3.05, 3.63) is 53.2 Å². The number of aliphatic hydroxyl groups is 1. The first-order valence-corrected chi connectivity index (χ1v) is 7.01. The monoisotopic (exact) mass is 320 g/mol. The van der Waals surface area contributed by atoms with Gasteiger partial charge in [-0.3, -0.25) is 9.88 Å². The van der Waals surface area contributed by atoms with Crippen LogP contribution in [-0.4, -0.2) is 34.7 Å². The van der Waals surface area contributed by atoms with Crippen LogP contribution in [0.2, 0.25) is 0 Å². The molecule has 1 heterocycles. The first-order valence-electron chi connectivity index (χ1n) is 6.22. The third kappa shape index (κ3) is 3.62. The fourth-order valence-electron chi connectivity index (χ4n) is 2.15. The average molecular weight is 321 g/mol. The predicted molar refractivity (Wildman–Crippen MR) is 82.0 cm³/mol. The molecule has 0 aliphatic heterocycles. The topological polar surface area (TPSA) is 36.4 Å². The quantitative estimate of drug-likeness (QED) is 0.831. The van der Waals surface area contributed by atoms with E-state index in [1.54, 1.807) is 0 Å². The minimum absolute atomic E-state index is 0.146. The van der Waals surface area contributed by atoms with Crippen molar-refractivity contribution in [1.82, 2.24) is 9.88 Å². The van der Waals surface area contributed by atoms with Crippen LogP contribution >= 0.6 is 15.9 Å². The van der Waals surface area contributed by atoms with Crippen LogP contribution in [0.3, 0.4) is 0 Å². The molecule has 100 valence electrons. The zero-order valence-electron chi connectivity index (χ0n) is 10.7. The van der Waals surface area contributed by atoms with Crippen molar-refractivity contribution in [2.45, 2.75) is 6.54 Å². The first-order chi connectivity index (χ1) is 9.24. The lowest BCUT2D eigenvalue weighted by atomic mass is 10.1. The lowest BCUT2D eigenvalue weighted by molar-refractivity contribution is 0.204. The Bertz CT molecular complexity index is 571. The number of rotatable bonds is 6. The summed E-state index contributed by atoms with van der Waals surface area (Å²) in [4.78, 5) is 6.60. The van der Waals surface area contributed by atoms with Crippen molar-refractivity contribution in [3.63, 3.8) is 0 Å². The van der Waals surface area contributed by atoms with E-state index in [1.165, 1.54) is 0 Å². The van der Waals surface area contributed by atoms with Gasteiger partial charge in [0.25, 0.3) is 0 Å². The standard InChI is InChI=1S/C15H17BrN2O/c1-2-6-18(7-8-19)11-13-10-14(16)9-12-4-3-5-17-15(12)13/h2-5,9-10,19H,1,6-8,11H2. The highest BCUT2D eigenvalue weighted by atomic mass is 79.9. The number of hydrogen-bond acceptors (Lipinski definition) is 3. The zero-order chi connectivity index (χ0) is 13.7. The van der Waals surface area contributed by atoms with Gasteiger partial charge in [0, 0.05) is 35.7 Å². The highest BCUT2D eigenvalue weighted by molar-refractivity contribution is 9.10. The van der Waals surface area contributed by atoms with Crippen LogP contribution in [-0.2, 0) is 6.54 Å². The molecule has 0 radical (unpaired) electrons. The molecule has 0 unspecified atom stereocenters. The number of aromatic nitrogens is 1. The van der Waals surface area contributed by atoms with Crippen LogP contribution in [0.4, 0.5) is 0 Å². The molecular weight excluding hydrogens is 304 g/mol. The Kier molecular flexibility index (Phi) is 5.07. The third-order valence-corrected chi connectivity index (χ3v) is 3.40. The summed E-state index contributed by atoms with van der Waals surface area (Å²) in [5, 5.41) is 10.2. The number of halogens is 1. The Balaban J connectivity index is 2.35. The van der Waals surface area contributed by atoms with Crippen LogP contribution < -0.4 is 0 Å². The second-order valence-corrected chi connectivity index (χ2v) is 5.30. The minimum atomic E-state index is 0.146. The zero-order valence-corrected chi connectivity index (χ0v) is 12.3. The maximum absolute atomic E-state index is 9.11. The molecule has 0 fully saturated rings. The van der Waals surface area contributed by atoms with Crippen LogP contribution in [0.1, 0.15) is 5.56 Å². The maximum Gasteiger partial charge on any atom is 0.0747 e. The van der Waals surface area contributed by atoms with Crippen molar-refractivity contribution in [2.24, 2.45) is 0 Å². The number of fused-ring (bicyclic) bond motifs is 1. The van der Waals surface area contributed by atoms with E-state index >= 15 is 0 Å². The van der Waals surface area contributed by atoms with Crippen LogP contribution in [0.15, 0.2) is 47.6 Å². The summed E-state index contributed by atoms with van der Waals surface area (Å²) in [7, 11) is 0. The van der Waals surface area contributed by atoms with E-state index in [0.717, 1.165) is 34.0 Å². The molecule has 0 aliphatic carbocycles. The van der Waals surface area contributed by atoms with E-state index < -0.39 is 0 Å².